The van der Waals surface area contributed by atoms with Crippen LogP contribution in [0.4, 0.5) is 39.8 Å². The Morgan fingerprint density at radius 2 is 0.761 bits per heavy atom. The van der Waals surface area contributed by atoms with Gasteiger partial charge < -0.3 is 28.7 Å². The fraction of sp³-hybridized carbons (Fsp3) is 0.0508. The van der Waals surface area contributed by atoms with E-state index in [1.54, 1.807) is 13.8 Å². The molecule has 318 valence electrons. The van der Waals surface area contributed by atoms with E-state index in [1.165, 1.54) is 0 Å². The molecule has 0 N–H and O–H groups in total. The van der Waals surface area contributed by atoms with E-state index >= 15 is 0 Å². The van der Waals surface area contributed by atoms with Gasteiger partial charge in [-0.3, -0.25) is 0 Å². The summed E-state index contributed by atoms with van der Waals surface area (Å²) < 4.78 is 27.0. The quantitative estimate of drug-likeness (QED) is 0.154. The van der Waals surface area contributed by atoms with Gasteiger partial charge in [0.05, 0.1) is 40.7 Å². The molecule has 3 aliphatic rings. The minimum Gasteiger partial charge on any atom is -0.460 e. The first-order chi connectivity index (χ1) is 32.9. The van der Waals surface area contributed by atoms with Crippen molar-refractivity contribution in [2.45, 2.75) is 19.6 Å². The number of hydrogen-bond donors (Lipinski definition) is 0. The van der Waals surface area contributed by atoms with Gasteiger partial charge in [-0.2, -0.15) is 5.26 Å². The smallest absolute Gasteiger partial charge is 0.257 e. The van der Waals surface area contributed by atoms with Crippen molar-refractivity contribution in [2.24, 2.45) is 0 Å². The predicted molar refractivity (Wildman–Crippen MR) is 264 cm³/mol. The molecule has 0 unspecified atom stereocenters. The van der Waals surface area contributed by atoms with E-state index in [-0.39, 0.29) is 22.7 Å². The number of benzene rings is 9. The van der Waals surface area contributed by atoms with Crippen molar-refractivity contribution >= 4 is 39.8 Å². The average Bonchev–Trinajstić information content (AvgIpc) is 3.71. The molecule has 3 heterocycles. The zero-order chi connectivity index (χ0) is 45.2. The Morgan fingerprint density at radius 1 is 0.433 bits per heavy atom. The number of nitrogens with zero attached hydrogens (tertiary/aromatic N) is 4. The van der Waals surface area contributed by atoms with Crippen molar-refractivity contribution in [1.82, 2.24) is 0 Å². The van der Waals surface area contributed by atoms with Gasteiger partial charge in [0.2, 0.25) is 5.79 Å². The van der Waals surface area contributed by atoms with Gasteiger partial charge in [-0.25, -0.2) is 4.85 Å². The molecule has 67 heavy (non-hydrogen) atoms. The maximum absolute atomic E-state index is 11.6. The minimum atomic E-state index is -1.19. The number of nitriles is 1. The predicted octanol–water partition coefficient (Wildman–Crippen LogP) is 16.4. The lowest BCUT2D eigenvalue weighted by atomic mass is 9.97. The molecule has 0 aliphatic carbocycles. The van der Waals surface area contributed by atoms with Crippen LogP contribution in [0, 0.1) is 17.9 Å². The summed E-state index contributed by atoms with van der Waals surface area (Å²) in [6, 6.07) is 67.6. The van der Waals surface area contributed by atoms with Crippen LogP contribution >= 0.6 is 0 Å². The minimum absolute atomic E-state index is 0.170. The lowest BCUT2D eigenvalue weighted by Gasteiger charge is -2.40. The SMILES string of the molecule is [C-]#[N+]c1c2c(c(C#N)c(N3c4ccc(-c5ccccc5)cc4Oc4cc(-c5ccccc5)ccc43)c1N1c3ccc(-c4ccccc4)cc3Oc3cc(-c4ccccc4)ccc31)OC(C)(C)O2. The molecule has 9 aromatic rings. The molecule has 0 bridgehead atoms. The van der Waals surface area contributed by atoms with Crippen LogP contribution in [0.3, 0.4) is 0 Å². The largest absolute Gasteiger partial charge is 0.460 e. The number of hydrogen-bond acceptors (Lipinski definition) is 7. The van der Waals surface area contributed by atoms with Gasteiger partial charge in [0.25, 0.3) is 5.69 Å². The highest BCUT2D eigenvalue weighted by atomic mass is 16.7. The third-order valence-electron chi connectivity index (χ3n) is 12.4. The van der Waals surface area contributed by atoms with Crippen LogP contribution in [0.25, 0.3) is 49.4 Å². The van der Waals surface area contributed by atoms with Crippen LogP contribution in [0.2, 0.25) is 0 Å². The molecule has 0 atom stereocenters. The number of rotatable bonds is 6. The Hall–Kier alpha value is -9.24. The monoisotopic (exact) mass is 866 g/mol. The molecule has 0 saturated heterocycles. The average molecular weight is 867 g/mol. The second kappa shape index (κ2) is 15.5. The van der Waals surface area contributed by atoms with Gasteiger partial charge in [0.1, 0.15) is 11.6 Å². The van der Waals surface area contributed by atoms with E-state index in [0.29, 0.717) is 57.1 Å². The van der Waals surface area contributed by atoms with Crippen molar-refractivity contribution in [3.63, 3.8) is 0 Å². The summed E-state index contributed by atoms with van der Waals surface area (Å²) >= 11 is 0. The van der Waals surface area contributed by atoms with Crippen molar-refractivity contribution in [3.05, 3.63) is 211 Å². The number of ether oxygens (including phenoxy) is 4. The standard InChI is InChI=1S/C59H38N4O4/c1-59(2)66-57-45(36-60)55(62-46-28-24-41(37-16-8-4-9-17-37)32-50(46)64-51-33-42(25-29-47(51)62)38-18-10-5-11-19-38)56(54(61-3)58(57)67-59)63-48-30-26-43(39-20-12-6-13-21-39)34-52(48)65-53-35-44(27-31-49(53)63)40-22-14-7-15-23-40/h4-35H,1-2H3. The molecule has 9 aromatic carbocycles. The van der Waals surface area contributed by atoms with Crippen LogP contribution in [0.5, 0.6) is 34.5 Å². The summed E-state index contributed by atoms with van der Waals surface area (Å²) in [5.41, 5.74) is 11.8. The second-order valence-corrected chi connectivity index (χ2v) is 17.0. The van der Waals surface area contributed by atoms with Gasteiger partial charge in [-0.05, 0) is 93.0 Å². The first-order valence-corrected chi connectivity index (χ1v) is 22.0. The highest BCUT2D eigenvalue weighted by molar-refractivity contribution is 6.08. The summed E-state index contributed by atoms with van der Waals surface area (Å²) in [6.45, 7) is 12.6. The normalized spacial score (nSPS) is 13.4. The third-order valence-corrected chi connectivity index (χ3v) is 12.4. The van der Waals surface area contributed by atoms with Crippen LogP contribution in [0.1, 0.15) is 19.4 Å². The lowest BCUT2D eigenvalue weighted by Crippen LogP contribution is -2.29. The Balaban J connectivity index is 1.17. The van der Waals surface area contributed by atoms with Crippen LogP contribution in [-0.2, 0) is 0 Å². The molecule has 0 fully saturated rings. The zero-order valence-electron chi connectivity index (χ0n) is 36.4. The summed E-state index contributed by atoms with van der Waals surface area (Å²) in [5, 5.41) is 11.6. The molecular formula is C59H38N4O4. The molecule has 0 amide bonds. The Labute approximate surface area is 388 Å². The van der Waals surface area contributed by atoms with Gasteiger partial charge >= 0.3 is 0 Å². The Bertz CT molecular complexity index is 3120. The van der Waals surface area contributed by atoms with E-state index in [9.17, 15) is 5.26 Å². The zero-order valence-corrected chi connectivity index (χ0v) is 36.4. The molecule has 8 nitrogen and oxygen atoms in total. The lowest BCUT2D eigenvalue weighted by molar-refractivity contribution is -0.0429. The van der Waals surface area contributed by atoms with Crippen molar-refractivity contribution in [2.75, 3.05) is 9.80 Å². The molecule has 0 radical (unpaired) electrons. The van der Waals surface area contributed by atoms with E-state index < -0.39 is 5.79 Å². The van der Waals surface area contributed by atoms with Crippen LogP contribution < -0.4 is 28.7 Å². The molecular weight excluding hydrogens is 829 g/mol. The first-order valence-electron chi connectivity index (χ1n) is 22.0. The van der Waals surface area contributed by atoms with Crippen molar-refractivity contribution in [1.29, 1.82) is 5.26 Å². The summed E-state index contributed by atoms with van der Waals surface area (Å²) in [4.78, 5) is 8.39. The number of fused-ring (bicyclic) bond motifs is 5. The summed E-state index contributed by atoms with van der Waals surface area (Å²) in [5.74, 6) is 1.48. The molecule has 0 saturated carbocycles. The third kappa shape index (κ3) is 6.59. The van der Waals surface area contributed by atoms with E-state index in [1.807, 2.05) is 131 Å². The van der Waals surface area contributed by atoms with Gasteiger partial charge in [-0.1, -0.05) is 146 Å². The summed E-state index contributed by atoms with van der Waals surface area (Å²) in [6.07, 6.45) is 0. The van der Waals surface area contributed by atoms with Gasteiger partial charge in [0, 0.05) is 13.8 Å². The molecule has 12 rings (SSSR count). The van der Waals surface area contributed by atoms with E-state index in [2.05, 4.69) is 83.7 Å². The Kier molecular flexibility index (Phi) is 9.10. The first kappa shape index (κ1) is 39.4. The molecule has 8 heteroatoms. The number of anilines is 6. The van der Waals surface area contributed by atoms with E-state index in [0.717, 1.165) is 44.5 Å². The van der Waals surface area contributed by atoms with Crippen molar-refractivity contribution < 1.29 is 18.9 Å². The topological polar surface area (TPSA) is 71.6 Å². The maximum Gasteiger partial charge on any atom is 0.257 e. The molecule has 3 aliphatic heterocycles. The highest BCUT2D eigenvalue weighted by Crippen LogP contribution is 2.66. The van der Waals surface area contributed by atoms with Crippen LogP contribution in [-0.4, -0.2) is 5.79 Å². The fourth-order valence-corrected chi connectivity index (χ4v) is 9.35. The van der Waals surface area contributed by atoms with Gasteiger partial charge in [0.15, 0.2) is 34.5 Å². The fourth-order valence-electron chi connectivity index (χ4n) is 9.35. The molecule has 0 spiro atoms. The Morgan fingerprint density at radius 3 is 1.09 bits per heavy atom. The van der Waals surface area contributed by atoms with Gasteiger partial charge in [-0.15, -0.1) is 0 Å². The van der Waals surface area contributed by atoms with Crippen molar-refractivity contribution in [3.8, 4) is 85.1 Å². The highest BCUT2D eigenvalue weighted by Gasteiger charge is 2.45. The maximum atomic E-state index is 11.6. The van der Waals surface area contributed by atoms with E-state index in [4.69, 9.17) is 25.5 Å². The second-order valence-electron chi connectivity index (χ2n) is 17.0. The van der Waals surface area contributed by atoms with Crippen LogP contribution in [0.15, 0.2) is 194 Å². The molecule has 0 aromatic heterocycles. The summed E-state index contributed by atoms with van der Waals surface area (Å²) in [7, 11) is 0.